The molecule has 19 heavy (non-hydrogen) atoms. The molecule has 1 heterocycles. The summed E-state index contributed by atoms with van der Waals surface area (Å²) in [5.74, 6) is -0.145. The summed E-state index contributed by atoms with van der Waals surface area (Å²) < 4.78 is 1.61. The first kappa shape index (κ1) is 13.1. The van der Waals surface area contributed by atoms with Crippen molar-refractivity contribution in [2.75, 3.05) is 24.3 Å². The van der Waals surface area contributed by atoms with Crippen LogP contribution >= 0.6 is 0 Å². The van der Waals surface area contributed by atoms with Crippen molar-refractivity contribution in [3.63, 3.8) is 0 Å². The Morgan fingerprint density at radius 1 is 1.37 bits per heavy atom. The molecule has 0 aliphatic carbocycles. The number of hydrogen-bond acceptors (Lipinski definition) is 3. The lowest BCUT2D eigenvalue weighted by molar-refractivity contribution is 0.102. The Kier molecular flexibility index (Phi) is 3.55. The normalized spacial score (nSPS) is 10.3. The Bertz CT molecular complexity index is 601. The van der Waals surface area contributed by atoms with Crippen LogP contribution in [0.3, 0.4) is 0 Å². The molecule has 1 aromatic carbocycles. The van der Waals surface area contributed by atoms with Crippen LogP contribution in [0, 0.1) is 6.92 Å². The third-order valence-corrected chi connectivity index (χ3v) is 2.94. The van der Waals surface area contributed by atoms with Gasteiger partial charge in [-0.15, -0.1) is 0 Å². The van der Waals surface area contributed by atoms with Crippen molar-refractivity contribution in [1.82, 2.24) is 9.78 Å². The maximum Gasteiger partial charge on any atom is 0.258 e. The van der Waals surface area contributed by atoms with Crippen LogP contribution in [-0.4, -0.2) is 29.8 Å². The van der Waals surface area contributed by atoms with Gasteiger partial charge in [-0.3, -0.25) is 9.48 Å². The average molecular weight is 258 g/mol. The maximum atomic E-state index is 12.0. The van der Waals surface area contributed by atoms with E-state index in [2.05, 4.69) is 10.4 Å². The number of hydrogen-bond donors (Lipinski definition) is 1. The summed E-state index contributed by atoms with van der Waals surface area (Å²) in [4.78, 5) is 14.1. The van der Waals surface area contributed by atoms with Gasteiger partial charge in [0.25, 0.3) is 5.91 Å². The fraction of sp³-hybridized carbons (Fsp3) is 0.286. The van der Waals surface area contributed by atoms with Crippen molar-refractivity contribution in [2.45, 2.75) is 6.92 Å². The maximum absolute atomic E-state index is 12.0. The van der Waals surface area contributed by atoms with Crippen molar-refractivity contribution in [3.8, 4) is 0 Å². The van der Waals surface area contributed by atoms with Crippen LogP contribution in [0.4, 0.5) is 11.4 Å². The van der Waals surface area contributed by atoms with E-state index in [1.165, 1.54) is 0 Å². The smallest absolute Gasteiger partial charge is 0.258 e. The van der Waals surface area contributed by atoms with E-state index >= 15 is 0 Å². The molecule has 0 saturated carbocycles. The van der Waals surface area contributed by atoms with Gasteiger partial charge < -0.3 is 10.2 Å². The molecule has 2 aromatic rings. The summed E-state index contributed by atoms with van der Waals surface area (Å²) in [6.45, 7) is 1.98. The molecular weight excluding hydrogens is 240 g/mol. The number of benzene rings is 1. The van der Waals surface area contributed by atoms with E-state index in [1.807, 2.05) is 44.1 Å². The minimum Gasteiger partial charge on any atom is -0.378 e. The zero-order chi connectivity index (χ0) is 14.0. The van der Waals surface area contributed by atoms with Gasteiger partial charge in [0.05, 0.1) is 11.8 Å². The lowest BCUT2D eigenvalue weighted by Gasteiger charge is -2.15. The molecule has 0 bridgehead atoms. The van der Waals surface area contributed by atoms with Crippen LogP contribution in [0.5, 0.6) is 0 Å². The molecule has 100 valence electrons. The van der Waals surface area contributed by atoms with Crippen molar-refractivity contribution >= 4 is 17.3 Å². The monoisotopic (exact) mass is 258 g/mol. The van der Waals surface area contributed by atoms with E-state index in [0.29, 0.717) is 5.56 Å². The summed E-state index contributed by atoms with van der Waals surface area (Å²) in [6.07, 6.45) is 3.25. The van der Waals surface area contributed by atoms with Crippen LogP contribution in [0.2, 0.25) is 0 Å². The third-order valence-electron chi connectivity index (χ3n) is 2.94. The number of amides is 1. The summed E-state index contributed by atoms with van der Waals surface area (Å²) >= 11 is 0. The lowest BCUT2D eigenvalue weighted by Crippen LogP contribution is -2.13. The number of aromatic nitrogens is 2. The van der Waals surface area contributed by atoms with Gasteiger partial charge in [-0.25, -0.2) is 0 Å². The molecule has 0 radical (unpaired) electrons. The van der Waals surface area contributed by atoms with Crippen LogP contribution in [-0.2, 0) is 7.05 Å². The van der Waals surface area contributed by atoms with Crippen molar-refractivity contribution in [3.05, 3.63) is 41.7 Å². The highest BCUT2D eigenvalue weighted by molar-refractivity contribution is 6.04. The van der Waals surface area contributed by atoms with Crippen LogP contribution in [0.25, 0.3) is 0 Å². The molecule has 0 fully saturated rings. The predicted octanol–water partition coefficient (Wildman–Crippen LogP) is 2.05. The third kappa shape index (κ3) is 2.93. The van der Waals surface area contributed by atoms with Gasteiger partial charge in [0.2, 0.25) is 0 Å². The zero-order valence-corrected chi connectivity index (χ0v) is 11.6. The second-order valence-electron chi connectivity index (χ2n) is 4.75. The van der Waals surface area contributed by atoms with Gasteiger partial charge >= 0.3 is 0 Å². The van der Waals surface area contributed by atoms with Gasteiger partial charge in [-0.05, 0) is 30.7 Å². The molecule has 0 unspecified atom stereocenters. The molecule has 1 N–H and O–H groups in total. The van der Waals surface area contributed by atoms with E-state index in [4.69, 9.17) is 0 Å². The van der Waals surface area contributed by atoms with Crippen molar-refractivity contribution in [1.29, 1.82) is 0 Å². The Hall–Kier alpha value is -2.30. The fourth-order valence-corrected chi connectivity index (χ4v) is 1.80. The molecular formula is C14H18N4O. The zero-order valence-electron chi connectivity index (χ0n) is 11.6. The van der Waals surface area contributed by atoms with Crippen molar-refractivity contribution < 1.29 is 4.79 Å². The van der Waals surface area contributed by atoms with E-state index in [9.17, 15) is 4.79 Å². The van der Waals surface area contributed by atoms with Gasteiger partial charge in [0.1, 0.15) is 0 Å². The quantitative estimate of drug-likeness (QED) is 0.916. The Morgan fingerprint density at radius 2 is 2.11 bits per heavy atom. The van der Waals surface area contributed by atoms with E-state index < -0.39 is 0 Å². The minimum absolute atomic E-state index is 0.145. The first-order valence-corrected chi connectivity index (χ1v) is 6.05. The average Bonchev–Trinajstić information content (AvgIpc) is 2.78. The standard InChI is InChI=1S/C14H18N4O/c1-10-7-12(17(2)3)5-6-13(10)16-14(19)11-8-15-18(4)9-11/h5-9H,1-4H3,(H,16,19). The predicted molar refractivity (Wildman–Crippen MR) is 76.7 cm³/mol. The van der Waals surface area contributed by atoms with E-state index in [-0.39, 0.29) is 5.91 Å². The Balaban J connectivity index is 2.17. The summed E-state index contributed by atoms with van der Waals surface area (Å²) in [5, 5.41) is 6.88. The SMILES string of the molecule is Cc1cc(N(C)C)ccc1NC(=O)c1cnn(C)c1. The molecule has 0 spiro atoms. The number of aryl methyl sites for hydroxylation is 2. The van der Waals surface area contributed by atoms with E-state index in [1.54, 1.807) is 24.1 Å². The molecule has 0 aliphatic heterocycles. The number of rotatable bonds is 3. The second kappa shape index (κ2) is 5.14. The van der Waals surface area contributed by atoms with Crippen molar-refractivity contribution in [2.24, 2.45) is 7.05 Å². The molecule has 1 aromatic heterocycles. The highest BCUT2D eigenvalue weighted by atomic mass is 16.1. The highest BCUT2D eigenvalue weighted by Gasteiger charge is 2.10. The van der Waals surface area contributed by atoms with Crippen LogP contribution in [0.15, 0.2) is 30.6 Å². The van der Waals surface area contributed by atoms with Gasteiger partial charge in [0.15, 0.2) is 0 Å². The minimum atomic E-state index is -0.145. The number of nitrogens with zero attached hydrogens (tertiary/aromatic N) is 3. The van der Waals surface area contributed by atoms with E-state index in [0.717, 1.165) is 16.9 Å². The molecule has 1 amide bonds. The molecule has 5 nitrogen and oxygen atoms in total. The number of carbonyl (C=O) groups is 1. The lowest BCUT2D eigenvalue weighted by atomic mass is 10.1. The van der Waals surface area contributed by atoms with Gasteiger partial charge in [0, 0.05) is 38.7 Å². The first-order valence-electron chi connectivity index (χ1n) is 6.05. The number of anilines is 2. The molecule has 2 rings (SSSR count). The molecule has 0 saturated heterocycles. The highest BCUT2D eigenvalue weighted by Crippen LogP contribution is 2.21. The topological polar surface area (TPSA) is 50.2 Å². The molecule has 5 heteroatoms. The summed E-state index contributed by atoms with van der Waals surface area (Å²) in [5.41, 5.74) is 3.51. The van der Waals surface area contributed by atoms with Crippen LogP contribution < -0.4 is 10.2 Å². The second-order valence-corrected chi connectivity index (χ2v) is 4.75. The first-order chi connectivity index (χ1) is 8.97. The number of nitrogens with one attached hydrogen (secondary N) is 1. The Labute approximate surface area is 112 Å². The van der Waals surface area contributed by atoms with Gasteiger partial charge in [-0.1, -0.05) is 0 Å². The van der Waals surface area contributed by atoms with Crippen LogP contribution in [0.1, 0.15) is 15.9 Å². The Morgan fingerprint density at radius 3 is 2.63 bits per heavy atom. The fourth-order valence-electron chi connectivity index (χ4n) is 1.80. The largest absolute Gasteiger partial charge is 0.378 e. The van der Waals surface area contributed by atoms with Gasteiger partial charge in [-0.2, -0.15) is 5.10 Å². The summed E-state index contributed by atoms with van der Waals surface area (Å²) in [7, 11) is 5.76. The number of carbonyl (C=O) groups excluding carboxylic acids is 1. The molecule has 0 atom stereocenters. The molecule has 0 aliphatic rings. The summed E-state index contributed by atoms with van der Waals surface area (Å²) in [6, 6.07) is 5.93.